The summed E-state index contributed by atoms with van der Waals surface area (Å²) in [6.07, 6.45) is -3.65. The van der Waals surface area contributed by atoms with Gasteiger partial charge in [0.1, 0.15) is 0 Å². The Balaban J connectivity index is 1.52. The van der Waals surface area contributed by atoms with Crippen molar-refractivity contribution in [1.29, 1.82) is 0 Å². The summed E-state index contributed by atoms with van der Waals surface area (Å²) in [5.41, 5.74) is -1.13. The molecule has 0 spiro atoms. The molecule has 188 valence electrons. The zero-order valence-electron chi connectivity index (χ0n) is 18.1. The van der Waals surface area contributed by atoms with Crippen molar-refractivity contribution in [3.8, 4) is 5.95 Å². The third kappa shape index (κ3) is 6.26. The van der Waals surface area contributed by atoms with Crippen molar-refractivity contribution in [2.75, 3.05) is 17.2 Å². The molecule has 0 aliphatic heterocycles. The molecule has 2 aromatic heterocycles. The van der Waals surface area contributed by atoms with Crippen LogP contribution >= 0.6 is 0 Å². The number of hydrogen-bond acceptors (Lipinski definition) is 6. The summed E-state index contributed by atoms with van der Waals surface area (Å²) in [4.78, 5) is 12.5. The van der Waals surface area contributed by atoms with Crippen molar-refractivity contribution in [3.05, 3.63) is 18.0 Å². The van der Waals surface area contributed by atoms with Crippen LogP contribution in [0.25, 0.3) is 5.95 Å². The standard InChI is InChI=1S/C20H24F7N7/c21-18(22)6-1-12(2-7-18)11-28-15-30-16(29-13-3-8-19(23,24)9-4-13)32-17(31-15)34-10-5-14(33-34)20(25,26)27/h5,10,12-13H,1-4,6-9,11H2,(H2,28,29,30,31,32). The lowest BCUT2D eigenvalue weighted by atomic mass is 9.87. The Morgan fingerprint density at radius 1 is 0.882 bits per heavy atom. The van der Waals surface area contributed by atoms with E-state index in [0.717, 1.165) is 16.9 Å². The Morgan fingerprint density at radius 3 is 2.06 bits per heavy atom. The third-order valence-electron chi connectivity index (χ3n) is 6.14. The third-order valence-corrected chi connectivity index (χ3v) is 6.14. The van der Waals surface area contributed by atoms with Gasteiger partial charge in [-0.15, -0.1) is 0 Å². The van der Waals surface area contributed by atoms with Crippen LogP contribution in [0.1, 0.15) is 57.1 Å². The highest BCUT2D eigenvalue weighted by molar-refractivity contribution is 5.39. The van der Waals surface area contributed by atoms with Crippen LogP contribution in [0.3, 0.4) is 0 Å². The smallest absolute Gasteiger partial charge is 0.354 e. The van der Waals surface area contributed by atoms with Crippen LogP contribution in [0.15, 0.2) is 12.3 Å². The van der Waals surface area contributed by atoms with Gasteiger partial charge in [-0.25, -0.2) is 22.2 Å². The van der Waals surface area contributed by atoms with Crippen LogP contribution in [0, 0.1) is 5.92 Å². The summed E-state index contributed by atoms with van der Waals surface area (Å²) in [6, 6.07) is 0.432. The predicted octanol–water partition coefficient (Wildman–Crippen LogP) is 5.30. The van der Waals surface area contributed by atoms with E-state index in [2.05, 4.69) is 30.7 Å². The molecule has 0 bridgehead atoms. The molecule has 0 amide bonds. The van der Waals surface area contributed by atoms with Gasteiger partial charge >= 0.3 is 6.18 Å². The van der Waals surface area contributed by atoms with Crippen molar-refractivity contribution in [2.45, 2.75) is 75.4 Å². The highest BCUT2D eigenvalue weighted by atomic mass is 19.4. The lowest BCUT2D eigenvalue weighted by Gasteiger charge is -2.29. The quantitative estimate of drug-likeness (QED) is 0.530. The molecule has 4 rings (SSSR count). The molecule has 2 aliphatic carbocycles. The van der Waals surface area contributed by atoms with Gasteiger partial charge in [-0.3, -0.25) is 0 Å². The number of nitrogens with zero attached hydrogens (tertiary/aromatic N) is 5. The van der Waals surface area contributed by atoms with E-state index in [1.165, 1.54) is 0 Å². The fourth-order valence-corrected chi connectivity index (χ4v) is 4.10. The first-order chi connectivity index (χ1) is 15.9. The van der Waals surface area contributed by atoms with Gasteiger partial charge in [0.15, 0.2) is 5.69 Å². The molecule has 2 aliphatic rings. The topological polar surface area (TPSA) is 80.5 Å². The van der Waals surface area contributed by atoms with Crippen LogP contribution in [0.2, 0.25) is 0 Å². The minimum Gasteiger partial charge on any atom is -0.354 e. The summed E-state index contributed by atoms with van der Waals surface area (Å²) < 4.78 is 93.4. The van der Waals surface area contributed by atoms with E-state index in [0.29, 0.717) is 19.4 Å². The first kappa shape index (κ1) is 24.5. The maximum Gasteiger partial charge on any atom is 0.435 e. The SMILES string of the molecule is FC1(F)CCC(CNc2nc(NC3CCC(F)(F)CC3)nc(-n3ccc(C(F)(F)F)n3)n2)CC1. The van der Waals surface area contributed by atoms with Crippen LogP contribution in [0.4, 0.5) is 42.6 Å². The molecule has 0 radical (unpaired) electrons. The van der Waals surface area contributed by atoms with Gasteiger partial charge in [-0.1, -0.05) is 0 Å². The van der Waals surface area contributed by atoms with E-state index in [9.17, 15) is 30.7 Å². The van der Waals surface area contributed by atoms with Crippen LogP contribution in [0.5, 0.6) is 0 Å². The molecule has 2 aromatic rings. The van der Waals surface area contributed by atoms with Gasteiger partial charge in [0, 0.05) is 44.5 Å². The average Bonchev–Trinajstić information content (AvgIpc) is 3.26. The summed E-state index contributed by atoms with van der Waals surface area (Å²) in [5.74, 6) is -5.61. The second-order valence-corrected chi connectivity index (χ2v) is 8.88. The summed E-state index contributed by atoms with van der Waals surface area (Å²) in [6.45, 7) is 0.293. The number of alkyl halides is 7. The minimum atomic E-state index is -4.66. The maximum atomic E-state index is 13.5. The van der Waals surface area contributed by atoms with Crippen molar-refractivity contribution in [1.82, 2.24) is 24.7 Å². The Morgan fingerprint density at radius 2 is 1.47 bits per heavy atom. The van der Waals surface area contributed by atoms with Gasteiger partial charge in [0.25, 0.3) is 5.95 Å². The van der Waals surface area contributed by atoms with Crippen molar-refractivity contribution in [3.63, 3.8) is 0 Å². The fraction of sp³-hybridized carbons (Fsp3) is 0.700. The molecule has 0 aromatic carbocycles. The second-order valence-electron chi connectivity index (χ2n) is 8.88. The van der Waals surface area contributed by atoms with Gasteiger partial charge in [0.05, 0.1) is 0 Å². The van der Waals surface area contributed by atoms with Gasteiger partial charge in [-0.2, -0.15) is 33.2 Å². The Hall–Kier alpha value is -2.67. The molecule has 2 N–H and O–H groups in total. The van der Waals surface area contributed by atoms with Crippen LogP contribution in [-0.4, -0.2) is 49.2 Å². The molecule has 0 unspecified atom stereocenters. The lowest BCUT2D eigenvalue weighted by molar-refractivity contribution is -0.141. The number of halogens is 7. The molecular weight excluding hydrogens is 471 g/mol. The molecule has 2 saturated carbocycles. The van der Waals surface area contributed by atoms with E-state index in [1.54, 1.807) is 0 Å². The zero-order valence-corrected chi connectivity index (χ0v) is 18.1. The van der Waals surface area contributed by atoms with E-state index < -0.39 is 23.7 Å². The van der Waals surface area contributed by atoms with Gasteiger partial charge in [0.2, 0.25) is 23.7 Å². The average molecular weight is 495 g/mol. The van der Waals surface area contributed by atoms with E-state index in [-0.39, 0.29) is 68.3 Å². The van der Waals surface area contributed by atoms with E-state index in [1.807, 2.05) is 0 Å². The normalized spacial score (nSPS) is 21.4. The van der Waals surface area contributed by atoms with Crippen LogP contribution < -0.4 is 10.6 Å². The Kier molecular flexibility index (Phi) is 6.60. The first-order valence-electron chi connectivity index (χ1n) is 11.0. The maximum absolute atomic E-state index is 13.5. The molecule has 2 fully saturated rings. The van der Waals surface area contributed by atoms with Crippen molar-refractivity contribution >= 4 is 11.9 Å². The highest BCUT2D eigenvalue weighted by Crippen LogP contribution is 2.36. The number of hydrogen-bond donors (Lipinski definition) is 2. The first-order valence-corrected chi connectivity index (χ1v) is 11.0. The van der Waals surface area contributed by atoms with E-state index >= 15 is 0 Å². The summed E-state index contributed by atoms with van der Waals surface area (Å²) in [5, 5.41) is 9.37. The largest absolute Gasteiger partial charge is 0.435 e. The highest BCUT2D eigenvalue weighted by Gasteiger charge is 2.36. The van der Waals surface area contributed by atoms with Crippen molar-refractivity contribution < 1.29 is 30.7 Å². The molecule has 0 atom stereocenters. The zero-order chi connectivity index (χ0) is 24.6. The Bertz CT molecular complexity index is 972. The van der Waals surface area contributed by atoms with Gasteiger partial charge < -0.3 is 10.6 Å². The number of rotatable bonds is 6. The van der Waals surface area contributed by atoms with Gasteiger partial charge in [-0.05, 0) is 37.7 Å². The number of nitrogens with one attached hydrogen (secondary N) is 2. The van der Waals surface area contributed by atoms with Crippen LogP contribution in [-0.2, 0) is 6.18 Å². The monoisotopic (exact) mass is 495 g/mol. The summed E-state index contributed by atoms with van der Waals surface area (Å²) >= 11 is 0. The van der Waals surface area contributed by atoms with E-state index in [4.69, 9.17) is 0 Å². The minimum absolute atomic E-state index is 0.00181. The number of aromatic nitrogens is 5. The second kappa shape index (κ2) is 9.17. The molecule has 7 nitrogen and oxygen atoms in total. The molecule has 34 heavy (non-hydrogen) atoms. The molecule has 2 heterocycles. The lowest BCUT2D eigenvalue weighted by Crippen LogP contribution is -2.33. The predicted molar refractivity (Wildman–Crippen MR) is 108 cm³/mol. The fourth-order valence-electron chi connectivity index (χ4n) is 4.10. The Labute approximate surface area is 190 Å². The molecular formula is C20H24F7N7. The number of anilines is 2. The summed E-state index contributed by atoms with van der Waals surface area (Å²) in [7, 11) is 0. The molecule has 0 saturated heterocycles. The molecule has 14 heteroatoms. The van der Waals surface area contributed by atoms with Crippen molar-refractivity contribution in [2.24, 2.45) is 5.92 Å².